The van der Waals surface area contributed by atoms with Crippen molar-refractivity contribution >= 4 is 17.2 Å². The number of para-hydroxylation sites is 1. The summed E-state index contributed by atoms with van der Waals surface area (Å²) in [5.41, 5.74) is 1.67. The minimum atomic E-state index is -0.142. The largest absolute Gasteiger partial charge is 0.486 e. The first-order valence-corrected chi connectivity index (χ1v) is 8.62. The van der Waals surface area contributed by atoms with Gasteiger partial charge < -0.3 is 14.8 Å². The van der Waals surface area contributed by atoms with Crippen molar-refractivity contribution in [2.75, 3.05) is 19.8 Å². The molecule has 1 aromatic heterocycles. The molecule has 2 aromatic rings. The highest BCUT2D eigenvalue weighted by Crippen LogP contribution is 2.33. The third-order valence-electron chi connectivity index (χ3n) is 3.71. The van der Waals surface area contributed by atoms with Gasteiger partial charge in [-0.3, -0.25) is 4.79 Å². The molecule has 1 amide bonds. The van der Waals surface area contributed by atoms with Crippen LogP contribution in [-0.2, 0) is 12.8 Å². The van der Waals surface area contributed by atoms with Crippen molar-refractivity contribution in [3.05, 3.63) is 39.3 Å². The predicted molar refractivity (Wildman–Crippen MR) is 89.7 cm³/mol. The van der Waals surface area contributed by atoms with Crippen LogP contribution in [0.1, 0.15) is 32.9 Å². The minimum Gasteiger partial charge on any atom is -0.486 e. The number of carbonyl (C=O) groups is 1. The molecule has 0 bridgehead atoms. The fraction of sp³-hybridized carbons (Fsp3) is 0.412. The van der Waals surface area contributed by atoms with Gasteiger partial charge in [-0.15, -0.1) is 11.3 Å². The van der Waals surface area contributed by atoms with Crippen molar-refractivity contribution in [2.24, 2.45) is 0 Å². The number of hydrogen-bond donors (Lipinski definition) is 1. The Bertz CT molecular complexity index is 712. The minimum absolute atomic E-state index is 0.142. The zero-order valence-corrected chi connectivity index (χ0v) is 14.2. The standard InChI is InChI=1S/C17H20N2O3S/c1-3-13-11(2)23-15(19-13)7-8-18-17(20)12-5-4-6-14-16(12)22-10-9-21-14/h4-6H,3,7-10H2,1-2H3,(H,18,20). The van der Waals surface area contributed by atoms with E-state index < -0.39 is 0 Å². The van der Waals surface area contributed by atoms with E-state index in [4.69, 9.17) is 9.47 Å². The molecular formula is C17H20N2O3S. The van der Waals surface area contributed by atoms with E-state index >= 15 is 0 Å². The maximum atomic E-state index is 12.4. The summed E-state index contributed by atoms with van der Waals surface area (Å²) in [7, 11) is 0. The van der Waals surface area contributed by atoms with Gasteiger partial charge in [-0.25, -0.2) is 4.98 Å². The number of ether oxygens (including phenoxy) is 2. The van der Waals surface area contributed by atoms with E-state index in [1.807, 2.05) is 6.07 Å². The molecule has 0 saturated carbocycles. The summed E-state index contributed by atoms with van der Waals surface area (Å²) in [6.45, 7) is 5.73. The van der Waals surface area contributed by atoms with Crippen LogP contribution < -0.4 is 14.8 Å². The molecule has 0 spiro atoms. The molecule has 0 aliphatic carbocycles. The first-order valence-electron chi connectivity index (χ1n) is 7.81. The second kappa shape index (κ2) is 7.00. The number of fused-ring (bicyclic) bond motifs is 1. The van der Waals surface area contributed by atoms with Gasteiger partial charge in [0.1, 0.15) is 13.2 Å². The smallest absolute Gasteiger partial charge is 0.255 e. The topological polar surface area (TPSA) is 60.5 Å². The number of aryl methyl sites for hydroxylation is 2. The number of amides is 1. The van der Waals surface area contributed by atoms with Crippen molar-refractivity contribution in [1.82, 2.24) is 10.3 Å². The zero-order valence-electron chi connectivity index (χ0n) is 13.3. The van der Waals surface area contributed by atoms with Gasteiger partial charge in [-0.1, -0.05) is 13.0 Å². The fourth-order valence-electron chi connectivity index (χ4n) is 2.55. The number of thiazole rings is 1. The molecule has 1 aliphatic rings. The van der Waals surface area contributed by atoms with Crippen LogP contribution in [0.25, 0.3) is 0 Å². The number of nitrogens with one attached hydrogen (secondary N) is 1. The number of benzene rings is 1. The van der Waals surface area contributed by atoms with Crippen molar-refractivity contribution < 1.29 is 14.3 Å². The van der Waals surface area contributed by atoms with E-state index in [0.717, 1.165) is 23.5 Å². The lowest BCUT2D eigenvalue weighted by Gasteiger charge is -2.20. The van der Waals surface area contributed by atoms with Gasteiger partial charge in [0.2, 0.25) is 0 Å². The Morgan fingerprint density at radius 3 is 2.96 bits per heavy atom. The lowest BCUT2D eigenvalue weighted by molar-refractivity contribution is 0.0943. The van der Waals surface area contributed by atoms with Gasteiger partial charge in [0.25, 0.3) is 5.91 Å². The highest BCUT2D eigenvalue weighted by molar-refractivity contribution is 7.11. The first-order chi connectivity index (χ1) is 11.2. The van der Waals surface area contributed by atoms with Gasteiger partial charge >= 0.3 is 0 Å². The van der Waals surface area contributed by atoms with Crippen LogP contribution in [0, 0.1) is 6.92 Å². The van der Waals surface area contributed by atoms with Gasteiger partial charge in [0.05, 0.1) is 16.3 Å². The second-order valence-electron chi connectivity index (χ2n) is 5.30. The van der Waals surface area contributed by atoms with Crippen LogP contribution in [0.15, 0.2) is 18.2 Å². The average molecular weight is 332 g/mol. The van der Waals surface area contributed by atoms with E-state index in [9.17, 15) is 4.79 Å². The molecule has 0 saturated heterocycles. The number of nitrogens with zero attached hydrogens (tertiary/aromatic N) is 1. The third kappa shape index (κ3) is 3.47. The molecule has 2 heterocycles. The fourth-order valence-corrected chi connectivity index (χ4v) is 3.57. The Labute approximate surface area is 139 Å². The second-order valence-corrected chi connectivity index (χ2v) is 6.59. The molecule has 0 unspecified atom stereocenters. The molecule has 1 aromatic carbocycles. The first kappa shape index (κ1) is 15.8. The van der Waals surface area contributed by atoms with Crippen molar-refractivity contribution in [2.45, 2.75) is 26.7 Å². The summed E-state index contributed by atoms with van der Waals surface area (Å²) in [6, 6.07) is 5.38. The Morgan fingerprint density at radius 2 is 2.17 bits per heavy atom. The highest BCUT2D eigenvalue weighted by atomic mass is 32.1. The van der Waals surface area contributed by atoms with Crippen LogP contribution >= 0.6 is 11.3 Å². The molecule has 5 nitrogen and oxygen atoms in total. The maximum absolute atomic E-state index is 12.4. The molecule has 1 aliphatic heterocycles. The van der Waals surface area contributed by atoms with E-state index in [1.165, 1.54) is 4.88 Å². The number of aromatic nitrogens is 1. The Kier molecular flexibility index (Phi) is 4.81. The summed E-state index contributed by atoms with van der Waals surface area (Å²) in [6.07, 6.45) is 1.69. The monoisotopic (exact) mass is 332 g/mol. The van der Waals surface area contributed by atoms with Gasteiger partial charge in [0, 0.05) is 17.8 Å². The van der Waals surface area contributed by atoms with Crippen LogP contribution in [-0.4, -0.2) is 30.6 Å². The van der Waals surface area contributed by atoms with Crippen LogP contribution in [0.3, 0.4) is 0 Å². The van der Waals surface area contributed by atoms with Crippen LogP contribution in [0.2, 0.25) is 0 Å². The highest BCUT2D eigenvalue weighted by Gasteiger charge is 2.20. The van der Waals surface area contributed by atoms with E-state index in [2.05, 4.69) is 24.1 Å². The summed E-state index contributed by atoms with van der Waals surface area (Å²) < 4.78 is 11.1. The molecule has 0 radical (unpaired) electrons. The van der Waals surface area contributed by atoms with E-state index in [1.54, 1.807) is 23.5 Å². The molecule has 23 heavy (non-hydrogen) atoms. The van der Waals surface area contributed by atoms with Crippen molar-refractivity contribution in [1.29, 1.82) is 0 Å². The number of carbonyl (C=O) groups excluding carboxylic acids is 1. The van der Waals surface area contributed by atoms with Crippen LogP contribution in [0.5, 0.6) is 11.5 Å². The molecule has 1 N–H and O–H groups in total. The maximum Gasteiger partial charge on any atom is 0.255 e. The van der Waals surface area contributed by atoms with E-state index in [-0.39, 0.29) is 5.91 Å². The van der Waals surface area contributed by atoms with Crippen molar-refractivity contribution in [3.8, 4) is 11.5 Å². The molecule has 122 valence electrons. The molecule has 6 heteroatoms. The van der Waals surface area contributed by atoms with E-state index in [0.29, 0.717) is 36.8 Å². The summed E-state index contributed by atoms with van der Waals surface area (Å²) in [5.74, 6) is 1.03. The quantitative estimate of drug-likeness (QED) is 0.914. The molecule has 0 atom stereocenters. The summed E-state index contributed by atoms with van der Waals surface area (Å²) in [5, 5.41) is 4.00. The molecule has 0 fully saturated rings. The van der Waals surface area contributed by atoms with Gasteiger partial charge in [-0.2, -0.15) is 0 Å². The van der Waals surface area contributed by atoms with Gasteiger partial charge in [-0.05, 0) is 25.5 Å². The summed E-state index contributed by atoms with van der Waals surface area (Å²) in [4.78, 5) is 18.2. The third-order valence-corrected chi connectivity index (χ3v) is 4.78. The lowest BCUT2D eigenvalue weighted by Crippen LogP contribution is -2.27. The van der Waals surface area contributed by atoms with Crippen molar-refractivity contribution in [3.63, 3.8) is 0 Å². The lowest BCUT2D eigenvalue weighted by atomic mass is 10.1. The summed E-state index contributed by atoms with van der Waals surface area (Å²) >= 11 is 1.70. The number of rotatable bonds is 5. The molecule has 3 rings (SSSR count). The van der Waals surface area contributed by atoms with Gasteiger partial charge in [0.15, 0.2) is 11.5 Å². The Balaban J connectivity index is 1.61. The average Bonchev–Trinajstić information content (AvgIpc) is 2.94. The zero-order chi connectivity index (χ0) is 16.2. The SMILES string of the molecule is CCc1nc(CCNC(=O)c2cccc3c2OCCO3)sc1C. The Hall–Kier alpha value is -2.08. The normalized spacial score (nSPS) is 13.0. The van der Waals surface area contributed by atoms with Crippen LogP contribution in [0.4, 0.5) is 0 Å². The predicted octanol–water partition coefficient (Wildman–Crippen LogP) is 2.76. The molecular weight excluding hydrogens is 312 g/mol. The Morgan fingerprint density at radius 1 is 1.35 bits per heavy atom. The number of hydrogen-bond acceptors (Lipinski definition) is 5.